The number of likely N-dealkylation sites (N-methyl/N-ethyl adjacent to an activating group) is 1. The van der Waals surface area contributed by atoms with Crippen molar-refractivity contribution in [3.8, 4) is 0 Å². The summed E-state index contributed by atoms with van der Waals surface area (Å²) in [7, 11) is 0. The van der Waals surface area contributed by atoms with Crippen LogP contribution in [0.4, 0.5) is 0 Å². The highest BCUT2D eigenvalue weighted by Crippen LogP contribution is 1.91. The van der Waals surface area contributed by atoms with E-state index >= 15 is 0 Å². The number of hydrogen-bond acceptors (Lipinski definition) is 2. The van der Waals surface area contributed by atoms with E-state index in [1.54, 1.807) is 11.3 Å². The van der Waals surface area contributed by atoms with Crippen LogP contribution in [-0.2, 0) is 0 Å². The predicted octanol–water partition coefficient (Wildman–Crippen LogP) is 3.43. The minimum atomic E-state index is 0.961. The summed E-state index contributed by atoms with van der Waals surface area (Å²) in [5, 5.41) is 4.08. The van der Waals surface area contributed by atoms with Crippen molar-refractivity contribution in [1.82, 2.24) is 4.90 Å². The molecule has 0 aliphatic rings. The molecule has 0 atom stereocenters. The molecule has 1 heterocycles. The highest BCUT2D eigenvalue weighted by molar-refractivity contribution is 7.07. The minimum Gasteiger partial charge on any atom is -0.296 e. The van der Waals surface area contributed by atoms with Gasteiger partial charge in [-0.1, -0.05) is 31.2 Å². The first-order chi connectivity index (χ1) is 6.85. The van der Waals surface area contributed by atoms with Crippen LogP contribution in [0.5, 0.6) is 0 Å². The van der Waals surface area contributed by atoms with Crippen molar-refractivity contribution in [1.29, 1.82) is 0 Å². The van der Waals surface area contributed by atoms with E-state index in [2.05, 4.69) is 25.0 Å². The second-order valence-electron chi connectivity index (χ2n) is 2.72. The van der Waals surface area contributed by atoms with Crippen molar-refractivity contribution < 1.29 is 0 Å². The fraction of sp³-hybridized carbons (Fsp3) is 0.333. The lowest BCUT2D eigenvalue weighted by atomic mass is 10.4. The smallest absolute Gasteiger partial charge is 0.0163 e. The van der Waals surface area contributed by atoms with Crippen LogP contribution in [0.2, 0.25) is 0 Å². The molecule has 1 aromatic heterocycles. The van der Waals surface area contributed by atoms with Gasteiger partial charge in [-0.15, -0.1) is 13.2 Å². The Hall–Kier alpha value is -0.860. The maximum Gasteiger partial charge on any atom is 0.0163 e. The zero-order valence-corrected chi connectivity index (χ0v) is 9.67. The number of nitrogens with zero attached hydrogens (tertiary/aromatic N) is 1. The Morgan fingerprint density at radius 3 is 1.86 bits per heavy atom. The lowest BCUT2D eigenvalue weighted by molar-refractivity contribution is 0.355. The van der Waals surface area contributed by atoms with Gasteiger partial charge in [-0.2, -0.15) is 11.3 Å². The topological polar surface area (TPSA) is 3.24 Å². The van der Waals surface area contributed by atoms with E-state index in [-0.39, 0.29) is 0 Å². The van der Waals surface area contributed by atoms with Gasteiger partial charge in [0.15, 0.2) is 0 Å². The van der Waals surface area contributed by atoms with Crippen LogP contribution in [-0.4, -0.2) is 24.5 Å². The lowest BCUT2D eigenvalue weighted by Gasteiger charge is -2.14. The highest BCUT2D eigenvalue weighted by Gasteiger charge is 1.92. The molecule has 14 heavy (non-hydrogen) atoms. The van der Waals surface area contributed by atoms with E-state index < -0.39 is 0 Å². The lowest BCUT2D eigenvalue weighted by Crippen LogP contribution is -2.22. The molecule has 0 fully saturated rings. The van der Waals surface area contributed by atoms with Gasteiger partial charge in [0.05, 0.1) is 0 Å². The van der Waals surface area contributed by atoms with Gasteiger partial charge < -0.3 is 0 Å². The SMILES string of the molecule is C=CCN(CC)CC=C.c1ccsc1. The fourth-order valence-electron chi connectivity index (χ4n) is 0.925. The number of hydrogen-bond donors (Lipinski definition) is 0. The molecule has 1 nitrogen and oxygen atoms in total. The first-order valence-electron chi connectivity index (χ1n) is 4.76. The summed E-state index contributed by atoms with van der Waals surface area (Å²) < 4.78 is 0. The van der Waals surface area contributed by atoms with E-state index in [1.165, 1.54) is 0 Å². The Kier molecular flexibility index (Phi) is 9.59. The second-order valence-corrected chi connectivity index (χ2v) is 3.54. The second kappa shape index (κ2) is 10.2. The van der Waals surface area contributed by atoms with Gasteiger partial charge in [-0.05, 0) is 17.3 Å². The van der Waals surface area contributed by atoms with Crippen LogP contribution in [0.1, 0.15) is 6.92 Å². The summed E-state index contributed by atoms with van der Waals surface area (Å²) in [6, 6.07) is 4.04. The van der Waals surface area contributed by atoms with E-state index in [1.807, 2.05) is 35.0 Å². The third-order valence-electron chi connectivity index (χ3n) is 1.65. The zero-order valence-electron chi connectivity index (χ0n) is 8.86. The largest absolute Gasteiger partial charge is 0.296 e. The molecule has 0 aromatic carbocycles. The Morgan fingerprint density at radius 2 is 1.64 bits per heavy atom. The quantitative estimate of drug-likeness (QED) is 0.672. The minimum absolute atomic E-state index is 0.961. The Labute approximate surface area is 91.4 Å². The molecule has 0 saturated carbocycles. The summed E-state index contributed by atoms with van der Waals surface area (Å²) >= 11 is 1.71. The third kappa shape index (κ3) is 7.77. The third-order valence-corrected chi connectivity index (χ3v) is 2.28. The van der Waals surface area contributed by atoms with E-state index in [0.29, 0.717) is 0 Å². The molecule has 0 N–H and O–H groups in total. The first-order valence-corrected chi connectivity index (χ1v) is 5.70. The van der Waals surface area contributed by atoms with Gasteiger partial charge in [0.1, 0.15) is 0 Å². The van der Waals surface area contributed by atoms with Crippen LogP contribution in [0.25, 0.3) is 0 Å². The molecule has 0 amide bonds. The maximum absolute atomic E-state index is 3.65. The van der Waals surface area contributed by atoms with E-state index in [0.717, 1.165) is 19.6 Å². The van der Waals surface area contributed by atoms with Crippen molar-refractivity contribution in [3.05, 3.63) is 48.2 Å². The van der Waals surface area contributed by atoms with Crippen LogP contribution >= 0.6 is 11.3 Å². The number of thiophene rings is 1. The zero-order chi connectivity index (χ0) is 10.6. The van der Waals surface area contributed by atoms with E-state index in [9.17, 15) is 0 Å². The Morgan fingerprint density at radius 1 is 1.14 bits per heavy atom. The molecule has 0 saturated heterocycles. The van der Waals surface area contributed by atoms with Crippen molar-refractivity contribution >= 4 is 11.3 Å². The van der Waals surface area contributed by atoms with Crippen LogP contribution in [0.15, 0.2) is 48.2 Å². The number of rotatable bonds is 5. The van der Waals surface area contributed by atoms with Gasteiger partial charge in [-0.25, -0.2) is 0 Å². The average Bonchev–Trinajstić information content (AvgIpc) is 2.75. The predicted molar refractivity (Wildman–Crippen MR) is 66.8 cm³/mol. The molecule has 0 aliphatic carbocycles. The molecule has 78 valence electrons. The summed E-state index contributed by atoms with van der Waals surface area (Å²) in [4.78, 5) is 2.25. The fourth-order valence-corrected chi connectivity index (χ4v) is 1.38. The van der Waals surface area contributed by atoms with Gasteiger partial charge in [0.2, 0.25) is 0 Å². The van der Waals surface area contributed by atoms with E-state index in [4.69, 9.17) is 0 Å². The maximum atomic E-state index is 3.65. The van der Waals surface area contributed by atoms with Gasteiger partial charge in [-0.3, -0.25) is 4.90 Å². The summed E-state index contributed by atoms with van der Waals surface area (Å²) in [5.74, 6) is 0. The summed E-state index contributed by atoms with van der Waals surface area (Å²) in [6.07, 6.45) is 3.82. The normalized spacial score (nSPS) is 9.00. The summed E-state index contributed by atoms with van der Waals surface area (Å²) in [5.41, 5.74) is 0. The van der Waals surface area contributed by atoms with Crippen molar-refractivity contribution in [3.63, 3.8) is 0 Å². The van der Waals surface area contributed by atoms with Gasteiger partial charge in [0, 0.05) is 13.1 Å². The molecule has 0 aliphatic heterocycles. The van der Waals surface area contributed by atoms with Gasteiger partial charge >= 0.3 is 0 Å². The Balaban J connectivity index is 0.000000280. The van der Waals surface area contributed by atoms with Gasteiger partial charge in [0.25, 0.3) is 0 Å². The molecule has 2 heteroatoms. The molecular formula is C12H19NS. The van der Waals surface area contributed by atoms with Crippen LogP contribution in [0, 0.1) is 0 Å². The van der Waals surface area contributed by atoms with Crippen LogP contribution in [0.3, 0.4) is 0 Å². The molecule has 0 unspecified atom stereocenters. The average molecular weight is 209 g/mol. The Bertz CT molecular complexity index is 189. The molecular weight excluding hydrogens is 190 g/mol. The summed E-state index contributed by atoms with van der Waals surface area (Å²) in [6.45, 7) is 12.4. The molecule has 0 radical (unpaired) electrons. The first kappa shape index (κ1) is 13.1. The monoisotopic (exact) mass is 209 g/mol. The molecule has 1 rings (SSSR count). The highest BCUT2D eigenvalue weighted by atomic mass is 32.1. The van der Waals surface area contributed by atoms with Crippen molar-refractivity contribution in [2.45, 2.75) is 6.92 Å². The molecule has 0 bridgehead atoms. The molecule has 1 aromatic rings. The molecule has 0 spiro atoms. The van der Waals surface area contributed by atoms with Crippen molar-refractivity contribution in [2.75, 3.05) is 19.6 Å². The van der Waals surface area contributed by atoms with Crippen molar-refractivity contribution in [2.24, 2.45) is 0 Å². The van der Waals surface area contributed by atoms with Crippen LogP contribution < -0.4 is 0 Å². The standard InChI is InChI=1S/C8H15N.C4H4S/c1-4-7-9(6-3)8-5-2;1-2-4-5-3-1/h4-5H,1-2,6-8H2,3H3;1-4H.